The standard InChI is InChI=1S/C38H62N8/c1-31(2)26-41-21-5-17-39-19-7-23-43-28-33-9-13-35(14-10-33)37-25-38(46-30-45-37)36-15-11-34(12-16-36)29-44-24-8-20-40-18-6-22-42-27-32(3)4/h9-16,25,30-32,39-44H,5-8,17-24,26-29H2,1-4H3. The third kappa shape index (κ3) is 16.7. The Morgan fingerprint density at radius 1 is 0.457 bits per heavy atom. The molecule has 0 aliphatic rings. The fraction of sp³-hybridized carbons (Fsp3) is 0.579. The van der Waals surface area contributed by atoms with E-state index in [0.717, 1.165) is 126 Å². The van der Waals surface area contributed by atoms with Gasteiger partial charge in [0.1, 0.15) is 6.33 Å². The first-order valence-corrected chi connectivity index (χ1v) is 17.8. The van der Waals surface area contributed by atoms with Crippen LogP contribution in [-0.4, -0.2) is 75.4 Å². The number of benzene rings is 2. The highest BCUT2D eigenvalue weighted by molar-refractivity contribution is 5.67. The molecule has 0 bridgehead atoms. The van der Waals surface area contributed by atoms with Gasteiger partial charge in [-0.3, -0.25) is 0 Å². The number of nitrogens with one attached hydrogen (secondary N) is 6. The molecule has 0 aliphatic carbocycles. The lowest BCUT2D eigenvalue weighted by atomic mass is 10.0. The van der Waals surface area contributed by atoms with Crippen LogP contribution in [0.2, 0.25) is 0 Å². The van der Waals surface area contributed by atoms with E-state index in [-0.39, 0.29) is 0 Å². The Morgan fingerprint density at radius 3 is 1.17 bits per heavy atom. The van der Waals surface area contributed by atoms with E-state index >= 15 is 0 Å². The summed E-state index contributed by atoms with van der Waals surface area (Å²) in [7, 11) is 0. The van der Waals surface area contributed by atoms with E-state index in [9.17, 15) is 0 Å². The van der Waals surface area contributed by atoms with Crippen LogP contribution in [0.3, 0.4) is 0 Å². The molecule has 3 aromatic rings. The minimum Gasteiger partial charge on any atom is -0.317 e. The molecular weight excluding hydrogens is 568 g/mol. The molecule has 0 fully saturated rings. The number of hydrogen-bond acceptors (Lipinski definition) is 8. The van der Waals surface area contributed by atoms with Gasteiger partial charge < -0.3 is 31.9 Å². The van der Waals surface area contributed by atoms with Crippen LogP contribution >= 0.6 is 0 Å². The molecule has 3 rings (SSSR count). The lowest BCUT2D eigenvalue weighted by Crippen LogP contribution is -2.26. The first-order chi connectivity index (χ1) is 22.5. The number of nitrogens with zero attached hydrogens (tertiary/aromatic N) is 2. The zero-order chi connectivity index (χ0) is 32.7. The summed E-state index contributed by atoms with van der Waals surface area (Å²) in [5.41, 5.74) is 6.68. The second kappa shape index (κ2) is 23.6. The summed E-state index contributed by atoms with van der Waals surface area (Å²) in [6.45, 7) is 21.4. The van der Waals surface area contributed by atoms with Crippen LogP contribution in [0, 0.1) is 11.8 Å². The number of aromatic nitrogens is 2. The molecule has 6 N–H and O–H groups in total. The van der Waals surface area contributed by atoms with Crippen molar-refractivity contribution in [2.24, 2.45) is 11.8 Å². The van der Waals surface area contributed by atoms with Crippen LogP contribution in [0.15, 0.2) is 60.9 Å². The summed E-state index contributed by atoms with van der Waals surface area (Å²) < 4.78 is 0. The predicted molar refractivity (Wildman–Crippen MR) is 196 cm³/mol. The molecule has 0 atom stereocenters. The van der Waals surface area contributed by atoms with Gasteiger partial charge in [-0.1, -0.05) is 76.2 Å². The second-order valence-corrected chi connectivity index (χ2v) is 13.1. The average molecular weight is 631 g/mol. The van der Waals surface area contributed by atoms with Crippen molar-refractivity contribution in [3.05, 3.63) is 72.1 Å². The normalized spacial score (nSPS) is 11.6. The molecule has 0 amide bonds. The van der Waals surface area contributed by atoms with Crippen molar-refractivity contribution in [3.8, 4) is 22.5 Å². The van der Waals surface area contributed by atoms with E-state index in [0.29, 0.717) is 0 Å². The van der Waals surface area contributed by atoms with Gasteiger partial charge in [-0.2, -0.15) is 0 Å². The Balaban J connectivity index is 1.29. The van der Waals surface area contributed by atoms with E-state index in [1.54, 1.807) is 6.33 Å². The molecule has 254 valence electrons. The largest absolute Gasteiger partial charge is 0.317 e. The highest BCUT2D eigenvalue weighted by Gasteiger charge is 2.06. The second-order valence-electron chi connectivity index (χ2n) is 13.1. The predicted octanol–water partition coefficient (Wildman–Crippen LogP) is 5.22. The quantitative estimate of drug-likeness (QED) is 0.0673. The van der Waals surface area contributed by atoms with Crippen LogP contribution in [-0.2, 0) is 13.1 Å². The molecule has 0 saturated heterocycles. The lowest BCUT2D eigenvalue weighted by Gasteiger charge is -2.09. The number of rotatable bonds is 26. The maximum atomic E-state index is 4.56. The lowest BCUT2D eigenvalue weighted by molar-refractivity contribution is 0.525. The molecule has 1 aromatic heterocycles. The minimum absolute atomic E-state index is 0.721. The van der Waals surface area contributed by atoms with Gasteiger partial charge in [-0.05, 0) is 120 Å². The van der Waals surface area contributed by atoms with Crippen molar-refractivity contribution in [2.75, 3.05) is 65.4 Å². The van der Waals surface area contributed by atoms with E-state index < -0.39 is 0 Å². The Bertz CT molecular complexity index is 1080. The van der Waals surface area contributed by atoms with E-state index in [1.807, 2.05) is 0 Å². The van der Waals surface area contributed by atoms with Crippen molar-refractivity contribution >= 4 is 0 Å². The fourth-order valence-electron chi connectivity index (χ4n) is 5.11. The van der Waals surface area contributed by atoms with Gasteiger partial charge >= 0.3 is 0 Å². The summed E-state index contributed by atoms with van der Waals surface area (Å²) in [6.07, 6.45) is 6.30. The Hall–Kier alpha value is -2.72. The highest BCUT2D eigenvalue weighted by Crippen LogP contribution is 2.23. The molecule has 0 radical (unpaired) electrons. The van der Waals surface area contributed by atoms with Crippen LogP contribution < -0.4 is 31.9 Å². The van der Waals surface area contributed by atoms with E-state index in [2.05, 4.69) is 124 Å². The summed E-state index contributed by atoms with van der Waals surface area (Å²) >= 11 is 0. The Labute approximate surface area is 279 Å². The molecule has 0 saturated carbocycles. The number of hydrogen-bond donors (Lipinski definition) is 6. The molecule has 46 heavy (non-hydrogen) atoms. The monoisotopic (exact) mass is 631 g/mol. The van der Waals surface area contributed by atoms with Crippen LogP contribution in [0.5, 0.6) is 0 Å². The van der Waals surface area contributed by atoms with Crippen LogP contribution in [0.4, 0.5) is 0 Å². The third-order valence-electron chi connectivity index (χ3n) is 7.76. The molecular formula is C38H62N8. The van der Waals surface area contributed by atoms with Crippen molar-refractivity contribution in [1.29, 1.82) is 0 Å². The molecule has 8 heteroatoms. The molecule has 0 spiro atoms. The maximum absolute atomic E-state index is 4.56. The summed E-state index contributed by atoms with van der Waals surface area (Å²) in [5, 5.41) is 21.2. The SMILES string of the molecule is CC(C)CNCCCNCCCNCc1ccc(-c2cc(-c3ccc(CNCCCNCCCNCC(C)C)cc3)ncn2)cc1. The fourth-order valence-corrected chi connectivity index (χ4v) is 5.11. The van der Waals surface area contributed by atoms with Gasteiger partial charge in [0.25, 0.3) is 0 Å². The summed E-state index contributed by atoms with van der Waals surface area (Å²) in [4.78, 5) is 9.11. The van der Waals surface area contributed by atoms with Gasteiger partial charge in [0.05, 0.1) is 11.4 Å². The van der Waals surface area contributed by atoms with E-state index in [1.165, 1.54) is 24.0 Å². The van der Waals surface area contributed by atoms with Gasteiger partial charge in [-0.15, -0.1) is 0 Å². The van der Waals surface area contributed by atoms with Gasteiger partial charge in [0.2, 0.25) is 0 Å². The molecule has 0 aliphatic heterocycles. The first kappa shape index (κ1) is 37.7. The van der Waals surface area contributed by atoms with Crippen molar-refractivity contribution < 1.29 is 0 Å². The highest BCUT2D eigenvalue weighted by atomic mass is 14.9. The van der Waals surface area contributed by atoms with Crippen molar-refractivity contribution in [2.45, 2.75) is 66.5 Å². The zero-order valence-corrected chi connectivity index (χ0v) is 29.1. The smallest absolute Gasteiger partial charge is 0.116 e. The van der Waals surface area contributed by atoms with Crippen molar-refractivity contribution in [3.63, 3.8) is 0 Å². The molecule has 0 unspecified atom stereocenters. The van der Waals surface area contributed by atoms with Crippen molar-refractivity contribution in [1.82, 2.24) is 41.9 Å². The molecule has 1 heterocycles. The summed E-state index contributed by atoms with van der Waals surface area (Å²) in [5.74, 6) is 1.44. The first-order valence-electron chi connectivity index (χ1n) is 17.8. The van der Waals surface area contributed by atoms with Gasteiger partial charge in [-0.25, -0.2) is 9.97 Å². The zero-order valence-electron chi connectivity index (χ0n) is 29.1. The third-order valence-corrected chi connectivity index (χ3v) is 7.76. The average Bonchev–Trinajstić information content (AvgIpc) is 3.06. The van der Waals surface area contributed by atoms with Crippen LogP contribution in [0.1, 0.15) is 64.5 Å². The minimum atomic E-state index is 0.721. The topological polar surface area (TPSA) is 98.0 Å². The maximum Gasteiger partial charge on any atom is 0.116 e. The van der Waals surface area contributed by atoms with Crippen LogP contribution in [0.25, 0.3) is 22.5 Å². The van der Waals surface area contributed by atoms with Gasteiger partial charge in [0.15, 0.2) is 0 Å². The Kier molecular flexibility index (Phi) is 19.3. The Morgan fingerprint density at radius 2 is 0.804 bits per heavy atom. The van der Waals surface area contributed by atoms with Gasteiger partial charge in [0, 0.05) is 24.2 Å². The molecule has 8 nitrogen and oxygen atoms in total. The molecule has 2 aromatic carbocycles. The van der Waals surface area contributed by atoms with E-state index in [4.69, 9.17) is 0 Å². The summed E-state index contributed by atoms with van der Waals surface area (Å²) in [6, 6.07) is 19.5.